The summed E-state index contributed by atoms with van der Waals surface area (Å²) in [6.07, 6.45) is 4.41. The molecule has 3 aliphatic heterocycles. The fourth-order valence-electron chi connectivity index (χ4n) is 5.56. The van der Waals surface area contributed by atoms with Crippen LogP contribution >= 0.6 is 0 Å². The van der Waals surface area contributed by atoms with Crippen molar-refractivity contribution in [3.05, 3.63) is 71.3 Å². The Morgan fingerprint density at radius 1 is 1.21 bits per heavy atom. The number of nitrogens with zero attached hydrogens (tertiary/aromatic N) is 4. The Hall–Kier alpha value is -4.02. The summed E-state index contributed by atoms with van der Waals surface area (Å²) < 4.78 is 27.4. The number of halogens is 1. The summed E-state index contributed by atoms with van der Waals surface area (Å²) in [5.74, 6) is 0.994. The second kappa shape index (κ2) is 9.07. The third-order valence-corrected chi connectivity index (χ3v) is 7.55. The van der Waals surface area contributed by atoms with Gasteiger partial charge in [-0.3, -0.25) is 14.1 Å². The highest BCUT2D eigenvalue weighted by atomic mass is 19.1. The van der Waals surface area contributed by atoms with Gasteiger partial charge in [-0.1, -0.05) is 6.07 Å². The van der Waals surface area contributed by atoms with Gasteiger partial charge in [-0.15, -0.1) is 0 Å². The molecule has 6 heterocycles. The van der Waals surface area contributed by atoms with E-state index in [0.29, 0.717) is 41.7 Å². The van der Waals surface area contributed by atoms with Crippen molar-refractivity contribution in [3.8, 4) is 17.1 Å². The predicted octanol–water partition coefficient (Wildman–Crippen LogP) is 3.72. The van der Waals surface area contributed by atoms with Crippen LogP contribution in [0.3, 0.4) is 0 Å². The molecule has 2 saturated heterocycles. The Balaban J connectivity index is 1.24. The highest BCUT2D eigenvalue weighted by Crippen LogP contribution is 2.37. The molecule has 0 radical (unpaired) electrons. The summed E-state index contributed by atoms with van der Waals surface area (Å²) >= 11 is 0. The largest absolute Gasteiger partial charge is 0.471 e. The van der Waals surface area contributed by atoms with Crippen molar-refractivity contribution >= 4 is 23.1 Å². The topological polar surface area (TPSA) is 93.0 Å². The number of rotatable bonds is 6. The van der Waals surface area contributed by atoms with Gasteiger partial charge in [0, 0.05) is 55.5 Å². The molecule has 10 heteroatoms. The molecule has 1 aromatic carbocycles. The van der Waals surface area contributed by atoms with Crippen LogP contribution in [0.2, 0.25) is 0 Å². The monoisotopic (exact) mass is 514 g/mol. The van der Waals surface area contributed by atoms with Crippen molar-refractivity contribution in [1.29, 1.82) is 0 Å². The van der Waals surface area contributed by atoms with Gasteiger partial charge in [-0.2, -0.15) is 4.98 Å². The second-order valence-corrected chi connectivity index (χ2v) is 10.2. The molecule has 4 aromatic rings. The average Bonchev–Trinajstić information content (AvgIpc) is 3.64. The first kappa shape index (κ1) is 23.1. The number of hydrogen-bond donors (Lipinski definition) is 2. The molecule has 3 aliphatic rings. The summed E-state index contributed by atoms with van der Waals surface area (Å²) in [7, 11) is 2.07. The van der Waals surface area contributed by atoms with E-state index in [1.807, 2.05) is 22.6 Å². The minimum atomic E-state index is -0.345. The summed E-state index contributed by atoms with van der Waals surface area (Å²) in [5, 5.41) is 6.30. The molecule has 0 aliphatic carbocycles. The van der Waals surface area contributed by atoms with E-state index in [9.17, 15) is 9.18 Å². The maximum absolute atomic E-state index is 13.7. The quantitative estimate of drug-likeness (QED) is 0.405. The highest BCUT2D eigenvalue weighted by Gasteiger charge is 2.30. The lowest BCUT2D eigenvalue weighted by molar-refractivity contribution is 0.0346. The number of aromatic nitrogens is 3. The zero-order valence-corrected chi connectivity index (χ0v) is 20.9. The molecule has 9 nitrogen and oxygen atoms in total. The lowest BCUT2D eigenvalue weighted by atomic mass is 9.98. The van der Waals surface area contributed by atoms with E-state index in [2.05, 4.69) is 33.6 Å². The Kier molecular flexibility index (Phi) is 5.52. The normalized spacial score (nSPS) is 19.4. The van der Waals surface area contributed by atoms with Gasteiger partial charge in [-0.05, 0) is 43.3 Å². The van der Waals surface area contributed by atoms with Crippen LogP contribution in [0.25, 0.3) is 16.9 Å². The number of imidazole rings is 1. The molecule has 7 rings (SSSR count). The van der Waals surface area contributed by atoms with Gasteiger partial charge in [0.25, 0.3) is 5.91 Å². The summed E-state index contributed by atoms with van der Waals surface area (Å²) in [6.45, 7) is 3.53. The maximum atomic E-state index is 13.7. The van der Waals surface area contributed by atoms with Crippen molar-refractivity contribution in [2.45, 2.75) is 25.0 Å². The molecule has 38 heavy (non-hydrogen) atoms. The Bertz CT molecular complexity index is 1560. The molecular formula is C28H27FN6O3. The fourth-order valence-corrected chi connectivity index (χ4v) is 5.56. The van der Waals surface area contributed by atoms with E-state index in [1.54, 1.807) is 12.4 Å². The van der Waals surface area contributed by atoms with E-state index in [1.165, 1.54) is 12.1 Å². The Morgan fingerprint density at radius 2 is 2.11 bits per heavy atom. The molecule has 1 amide bonds. The van der Waals surface area contributed by atoms with Crippen LogP contribution in [0, 0.1) is 5.82 Å². The van der Waals surface area contributed by atoms with Crippen molar-refractivity contribution in [1.82, 2.24) is 24.6 Å². The standard InChI is InChI=1S/C28H27FN6O3/c1-34-13-18(14-34)38-28-19(16-7-9-37-15-16)3-5-24(33-28)32-22-4-2-20(21-11-31-27(36)26(21)22)23-12-30-25-10-17(29)6-8-35(23)25/h2-6,8,10,12,16,18H,7,9,11,13-15H2,1H3,(H,31,36)(H,32,33)/t16-/m1/s1. The number of likely N-dealkylation sites (N-methyl/N-ethyl adjacent to an activating group) is 1. The van der Waals surface area contributed by atoms with Crippen molar-refractivity contribution < 1.29 is 18.7 Å². The highest BCUT2D eigenvalue weighted by molar-refractivity contribution is 6.06. The number of pyridine rings is 2. The van der Waals surface area contributed by atoms with E-state index in [0.717, 1.165) is 48.5 Å². The number of likely N-dealkylation sites (tertiary alicyclic amines) is 1. The summed E-state index contributed by atoms with van der Waals surface area (Å²) in [4.78, 5) is 24.3. The van der Waals surface area contributed by atoms with Gasteiger partial charge in [0.2, 0.25) is 5.88 Å². The molecule has 0 bridgehead atoms. The number of carbonyl (C=O) groups excluding carboxylic acids is 1. The average molecular weight is 515 g/mol. The summed E-state index contributed by atoms with van der Waals surface area (Å²) in [6, 6.07) is 10.6. The molecular weight excluding hydrogens is 487 g/mol. The van der Waals surface area contributed by atoms with Gasteiger partial charge in [0.15, 0.2) is 0 Å². The number of carbonyl (C=O) groups is 1. The molecule has 1 atom stereocenters. The number of anilines is 2. The lowest BCUT2D eigenvalue weighted by Gasteiger charge is -2.36. The van der Waals surface area contributed by atoms with Crippen molar-refractivity contribution in [2.75, 3.05) is 38.7 Å². The number of hydrogen-bond acceptors (Lipinski definition) is 7. The minimum Gasteiger partial charge on any atom is -0.471 e. The number of ether oxygens (including phenoxy) is 2. The minimum absolute atomic E-state index is 0.108. The zero-order chi connectivity index (χ0) is 25.8. The van der Waals surface area contributed by atoms with Crippen LogP contribution in [0.1, 0.15) is 33.8 Å². The third-order valence-electron chi connectivity index (χ3n) is 7.55. The Labute approximate surface area is 218 Å². The molecule has 0 spiro atoms. The molecule has 0 unspecified atom stereocenters. The number of nitrogens with one attached hydrogen (secondary N) is 2. The SMILES string of the molecule is CN1CC(Oc2nc(Nc3ccc(-c4cnc5cc(F)ccn45)c4c3C(=O)NC4)ccc2[C@@H]2CCOC2)C1. The molecule has 194 valence electrons. The molecule has 0 saturated carbocycles. The molecule has 2 N–H and O–H groups in total. The first-order valence-electron chi connectivity index (χ1n) is 12.8. The van der Waals surface area contributed by atoms with Crippen LogP contribution in [0.5, 0.6) is 5.88 Å². The zero-order valence-electron chi connectivity index (χ0n) is 20.9. The van der Waals surface area contributed by atoms with Gasteiger partial charge in [0.05, 0.1) is 29.7 Å². The number of fused-ring (bicyclic) bond motifs is 2. The first-order chi connectivity index (χ1) is 18.5. The Morgan fingerprint density at radius 3 is 2.92 bits per heavy atom. The van der Waals surface area contributed by atoms with Crippen LogP contribution in [-0.2, 0) is 11.3 Å². The predicted molar refractivity (Wildman–Crippen MR) is 139 cm³/mol. The summed E-state index contributed by atoms with van der Waals surface area (Å²) in [5.41, 5.74) is 5.32. The van der Waals surface area contributed by atoms with E-state index in [4.69, 9.17) is 14.5 Å². The van der Waals surface area contributed by atoms with Crippen LogP contribution in [-0.4, -0.2) is 64.6 Å². The van der Waals surface area contributed by atoms with Gasteiger partial charge < -0.3 is 20.1 Å². The fraction of sp³-hybridized carbons (Fsp3) is 0.321. The lowest BCUT2D eigenvalue weighted by Crippen LogP contribution is -2.51. The first-order valence-corrected chi connectivity index (χ1v) is 12.8. The van der Waals surface area contributed by atoms with Crippen molar-refractivity contribution in [3.63, 3.8) is 0 Å². The maximum Gasteiger partial charge on any atom is 0.254 e. The van der Waals surface area contributed by atoms with Gasteiger partial charge in [0.1, 0.15) is 23.4 Å². The smallest absolute Gasteiger partial charge is 0.254 e. The van der Waals surface area contributed by atoms with Crippen molar-refractivity contribution in [2.24, 2.45) is 0 Å². The van der Waals surface area contributed by atoms with Crippen LogP contribution in [0.15, 0.2) is 48.8 Å². The molecule has 3 aromatic heterocycles. The molecule has 2 fully saturated rings. The number of benzene rings is 1. The van der Waals surface area contributed by atoms with E-state index < -0.39 is 0 Å². The van der Waals surface area contributed by atoms with Crippen LogP contribution in [0.4, 0.5) is 15.9 Å². The van der Waals surface area contributed by atoms with Crippen LogP contribution < -0.4 is 15.4 Å². The number of amides is 1. The van der Waals surface area contributed by atoms with Gasteiger partial charge in [-0.25, -0.2) is 9.37 Å². The van der Waals surface area contributed by atoms with Gasteiger partial charge >= 0.3 is 0 Å². The second-order valence-electron chi connectivity index (χ2n) is 10.2. The third kappa shape index (κ3) is 3.97. The van der Waals surface area contributed by atoms with E-state index >= 15 is 0 Å². The van der Waals surface area contributed by atoms with E-state index in [-0.39, 0.29) is 23.7 Å².